The van der Waals surface area contributed by atoms with Crippen molar-refractivity contribution in [3.63, 3.8) is 0 Å². The van der Waals surface area contributed by atoms with Crippen LogP contribution in [0.4, 0.5) is 0 Å². The van der Waals surface area contributed by atoms with Gasteiger partial charge in [-0.2, -0.15) is 0 Å². The molecule has 1 atom stereocenters. The van der Waals surface area contributed by atoms with E-state index >= 15 is 0 Å². The van der Waals surface area contributed by atoms with Gasteiger partial charge >= 0.3 is 0 Å². The molecule has 1 saturated heterocycles. The van der Waals surface area contributed by atoms with Gasteiger partial charge in [0, 0.05) is 44.5 Å². The average molecular weight is 404 g/mol. The average Bonchev–Trinajstić information content (AvgIpc) is 2.88. The number of nitrogens with zero attached hydrogens (tertiary/aromatic N) is 3. The molecule has 1 aromatic heterocycles. The van der Waals surface area contributed by atoms with E-state index in [1.165, 1.54) is 0 Å². The number of rotatable bonds is 6. The summed E-state index contributed by atoms with van der Waals surface area (Å²) in [6.07, 6.45) is 9.04. The van der Waals surface area contributed by atoms with Crippen molar-refractivity contribution in [1.82, 2.24) is 14.8 Å². The molecule has 1 saturated carbocycles. The van der Waals surface area contributed by atoms with Crippen LogP contribution in [0.2, 0.25) is 0 Å². The van der Waals surface area contributed by atoms with Gasteiger partial charge in [-0.25, -0.2) is 0 Å². The number of amides is 2. The van der Waals surface area contributed by atoms with E-state index in [-0.39, 0.29) is 23.7 Å². The normalized spacial score (nSPS) is 19.9. The van der Waals surface area contributed by atoms with Gasteiger partial charge in [0.25, 0.3) is 0 Å². The van der Waals surface area contributed by atoms with Gasteiger partial charge in [0.2, 0.25) is 11.8 Å². The molecule has 1 aliphatic carbocycles. The van der Waals surface area contributed by atoms with Crippen LogP contribution in [0.1, 0.15) is 24.8 Å². The number of carbonyl (C=O) groups is 2. The second kappa shape index (κ2) is 9.24. The first-order chi connectivity index (χ1) is 14.7. The maximum atomic E-state index is 13.3. The maximum Gasteiger partial charge on any atom is 0.228 e. The zero-order valence-corrected chi connectivity index (χ0v) is 17.4. The van der Waals surface area contributed by atoms with E-state index in [0.717, 1.165) is 36.0 Å². The third-order valence-corrected chi connectivity index (χ3v) is 6.33. The molecular weight excluding hydrogens is 374 g/mol. The van der Waals surface area contributed by atoms with Gasteiger partial charge in [0.1, 0.15) is 0 Å². The van der Waals surface area contributed by atoms with Gasteiger partial charge in [0.15, 0.2) is 0 Å². The summed E-state index contributed by atoms with van der Waals surface area (Å²) in [4.78, 5) is 34.2. The summed E-state index contributed by atoms with van der Waals surface area (Å²) in [7, 11) is 0. The van der Waals surface area contributed by atoms with E-state index in [0.29, 0.717) is 32.6 Å². The highest BCUT2D eigenvalue weighted by atomic mass is 16.2. The Kier molecular flexibility index (Phi) is 6.26. The number of pyridine rings is 1. The van der Waals surface area contributed by atoms with Crippen LogP contribution in [-0.2, 0) is 16.0 Å². The van der Waals surface area contributed by atoms with Crippen molar-refractivity contribution in [2.75, 3.05) is 26.2 Å². The first-order valence-electron chi connectivity index (χ1n) is 10.8. The van der Waals surface area contributed by atoms with Gasteiger partial charge in [-0.3, -0.25) is 14.6 Å². The molecule has 156 valence electrons. The molecule has 0 N–H and O–H groups in total. The van der Waals surface area contributed by atoms with Crippen LogP contribution in [0.15, 0.2) is 61.4 Å². The minimum atomic E-state index is -0.250. The standard InChI is InChI=1S/C25H29N3O2/c1-2-14-27-15-16-28(24(29)20-7-5-8-20)18-22(25(27)30)17-21-6-3-4-9-23(21)19-10-12-26-13-11-19/h2-4,6,9-13,20,22H,1,5,7-8,14-18H2/t22-/m1/s1. The number of hydrogen-bond donors (Lipinski definition) is 0. The summed E-state index contributed by atoms with van der Waals surface area (Å²) < 4.78 is 0. The summed E-state index contributed by atoms with van der Waals surface area (Å²) in [5.41, 5.74) is 3.33. The second-order valence-electron chi connectivity index (χ2n) is 8.28. The maximum absolute atomic E-state index is 13.3. The Hall–Kier alpha value is -2.95. The van der Waals surface area contributed by atoms with Crippen LogP contribution in [0.3, 0.4) is 0 Å². The van der Waals surface area contributed by atoms with Crippen LogP contribution in [0.5, 0.6) is 0 Å². The minimum absolute atomic E-state index is 0.114. The molecule has 1 aliphatic heterocycles. The largest absolute Gasteiger partial charge is 0.340 e. The van der Waals surface area contributed by atoms with Crippen molar-refractivity contribution < 1.29 is 9.59 Å². The molecule has 2 heterocycles. The van der Waals surface area contributed by atoms with Gasteiger partial charge in [0.05, 0.1) is 5.92 Å². The predicted molar refractivity (Wildman–Crippen MR) is 118 cm³/mol. The highest BCUT2D eigenvalue weighted by Gasteiger charge is 2.36. The van der Waals surface area contributed by atoms with Crippen molar-refractivity contribution in [3.05, 3.63) is 67.0 Å². The van der Waals surface area contributed by atoms with Gasteiger partial charge in [-0.15, -0.1) is 6.58 Å². The summed E-state index contributed by atoms with van der Waals surface area (Å²) in [5, 5.41) is 0. The lowest BCUT2D eigenvalue weighted by molar-refractivity contribution is -0.138. The van der Waals surface area contributed by atoms with Gasteiger partial charge in [-0.1, -0.05) is 36.8 Å². The van der Waals surface area contributed by atoms with E-state index in [9.17, 15) is 9.59 Å². The number of hydrogen-bond acceptors (Lipinski definition) is 3. The van der Waals surface area contributed by atoms with Gasteiger partial charge < -0.3 is 9.80 Å². The third-order valence-electron chi connectivity index (χ3n) is 6.33. The first-order valence-corrected chi connectivity index (χ1v) is 10.8. The van der Waals surface area contributed by atoms with Gasteiger partial charge in [-0.05, 0) is 48.1 Å². The quantitative estimate of drug-likeness (QED) is 0.693. The van der Waals surface area contributed by atoms with Crippen molar-refractivity contribution in [1.29, 1.82) is 0 Å². The second-order valence-corrected chi connectivity index (χ2v) is 8.28. The Balaban J connectivity index is 1.61. The van der Waals surface area contributed by atoms with Crippen LogP contribution < -0.4 is 0 Å². The van der Waals surface area contributed by atoms with E-state index in [1.54, 1.807) is 18.5 Å². The minimum Gasteiger partial charge on any atom is -0.340 e. The van der Waals surface area contributed by atoms with Crippen LogP contribution in [0, 0.1) is 11.8 Å². The Labute approximate surface area is 178 Å². The molecule has 2 aromatic rings. The summed E-state index contributed by atoms with van der Waals surface area (Å²) in [6.45, 7) is 6.00. The van der Waals surface area contributed by atoms with E-state index < -0.39 is 0 Å². The fourth-order valence-corrected chi connectivity index (χ4v) is 4.42. The van der Waals surface area contributed by atoms with Crippen molar-refractivity contribution in [2.45, 2.75) is 25.7 Å². The molecule has 0 unspecified atom stereocenters. The molecule has 0 spiro atoms. The summed E-state index contributed by atoms with van der Waals surface area (Å²) in [6, 6.07) is 12.2. The summed E-state index contributed by atoms with van der Waals surface area (Å²) in [5.74, 6) is 0.237. The highest BCUT2D eigenvalue weighted by Crippen LogP contribution is 2.30. The first kappa shape index (κ1) is 20.3. The van der Waals surface area contributed by atoms with E-state index in [4.69, 9.17) is 0 Å². The van der Waals surface area contributed by atoms with Crippen molar-refractivity contribution in [3.8, 4) is 11.1 Å². The zero-order valence-electron chi connectivity index (χ0n) is 17.4. The zero-order chi connectivity index (χ0) is 20.9. The molecule has 5 heteroatoms. The molecule has 4 rings (SSSR count). The molecular formula is C25H29N3O2. The van der Waals surface area contributed by atoms with E-state index in [2.05, 4.69) is 23.7 Å². The van der Waals surface area contributed by atoms with Crippen LogP contribution >= 0.6 is 0 Å². The lowest BCUT2D eigenvalue weighted by atomic mass is 9.84. The molecule has 5 nitrogen and oxygen atoms in total. The summed E-state index contributed by atoms with van der Waals surface area (Å²) >= 11 is 0. The topological polar surface area (TPSA) is 53.5 Å². The molecule has 2 fully saturated rings. The smallest absolute Gasteiger partial charge is 0.228 e. The number of aromatic nitrogens is 1. The Morgan fingerprint density at radius 2 is 1.90 bits per heavy atom. The van der Waals surface area contributed by atoms with Crippen LogP contribution in [-0.4, -0.2) is 52.8 Å². The Morgan fingerprint density at radius 3 is 2.60 bits per heavy atom. The fourth-order valence-electron chi connectivity index (χ4n) is 4.42. The lowest BCUT2D eigenvalue weighted by Gasteiger charge is -2.32. The molecule has 30 heavy (non-hydrogen) atoms. The van der Waals surface area contributed by atoms with Crippen molar-refractivity contribution in [2.24, 2.45) is 11.8 Å². The molecule has 2 amide bonds. The molecule has 0 bridgehead atoms. The molecule has 2 aliphatic rings. The number of carbonyl (C=O) groups excluding carboxylic acids is 2. The van der Waals surface area contributed by atoms with E-state index in [1.807, 2.05) is 34.1 Å². The predicted octanol–water partition coefficient (Wildman–Crippen LogP) is 3.56. The van der Waals surface area contributed by atoms with Crippen LogP contribution in [0.25, 0.3) is 11.1 Å². The molecule has 1 aromatic carbocycles. The Bertz CT molecular complexity index is 908. The van der Waals surface area contributed by atoms with Crippen molar-refractivity contribution >= 4 is 11.8 Å². The lowest BCUT2D eigenvalue weighted by Crippen LogP contribution is -2.42. The number of benzene rings is 1. The Morgan fingerprint density at radius 1 is 1.13 bits per heavy atom. The monoisotopic (exact) mass is 403 g/mol. The fraction of sp³-hybridized carbons (Fsp3) is 0.400. The third kappa shape index (κ3) is 4.30. The molecule has 0 radical (unpaired) electrons. The highest BCUT2D eigenvalue weighted by molar-refractivity contribution is 5.84. The SMILES string of the molecule is C=CCN1CCN(C(=O)C2CCC2)C[C@@H](Cc2ccccc2-c2ccncc2)C1=O.